The number of carbonyl (C=O) groups is 1. The molecule has 3 heteroatoms. The van der Waals surface area contributed by atoms with E-state index in [0.717, 1.165) is 31.7 Å². The standard InChI is InChI=1S/C14H27NO2/c1-2-3-12(8-10-15)6-7-14(16)17-11-9-13-4-5-13/h12-13H,2-11,15H2,1H3. The topological polar surface area (TPSA) is 52.3 Å². The fourth-order valence-corrected chi connectivity index (χ4v) is 2.22. The van der Waals surface area contributed by atoms with Crippen LogP contribution < -0.4 is 5.73 Å². The van der Waals surface area contributed by atoms with Crippen molar-refractivity contribution in [3.8, 4) is 0 Å². The monoisotopic (exact) mass is 241 g/mol. The van der Waals surface area contributed by atoms with Gasteiger partial charge < -0.3 is 10.5 Å². The van der Waals surface area contributed by atoms with E-state index in [4.69, 9.17) is 10.5 Å². The van der Waals surface area contributed by atoms with Gasteiger partial charge in [-0.1, -0.05) is 32.6 Å². The summed E-state index contributed by atoms with van der Waals surface area (Å²) >= 11 is 0. The Morgan fingerprint density at radius 3 is 2.71 bits per heavy atom. The Balaban J connectivity index is 2.02. The summed E-state index contributed by atoms with van der Waals surface area (Å²) in [4.78, 5) is 11.5. The van der Waals surface area contributed by atoms with Crippen LogP contribution in [0.1, 0.15) is 58.3 Å². The molecular weight excluding hydrogens is 214 g/mol. The first kappa shape index (κ1) is 14.5. The maximum absolute atomic E-state index is 11.5. The van der Waals surface area contributed by atoms with E-state index in [2.05, 4.69) is 6.92 Å². The molecule has 17 heavy (non-hydrogen) atoms. The molecule has 0 aliphatic heterocycles. The highest BCUT2D eigenvalue weighted by Gasteiger charge is 2.21. The van der Waals surface area contributed by atoms with Crippen LogP contribution in [0.5, 0.6) is 0 Å². The molecule has 1 fully saturated rings. The van der Waals surface area contributed by atoms with Gasteiger partial charge in [0.15, 0.2) is 0 Å². The SMILES string of the molecule is CCCC(CCN)CCC(=O)OCCC1CC1. The molecule has 0 aromatic carbocycles. The molecule has 1 aliphatic carbocycles. The van der Waals surface area contributed by atoms with E-state index in [1.54, 1.807) is 0 Å². The molecule has 1 aliphatic rings. The molecule has 1 saturated carbocycles. The molecule has 1 rings (SSSR count). The molecule has 0 aromatic heterocycles. The fraction of sp³-hybridized carbons (Fsp3) is 0.929. The van der Waals surface area contributed by atoms with Crippen molar-refractivity contribution < 1.29 is 9.53 Å². The van der Waals surface area contributed by atoms with Gasteiger partial charge >= 0.3 is 5.97 Å². The number of esters is 1. The van der Waals surface area contributed by atoms with E-state index in [0.29, 0.717) is 18.9 Å². The number of carbonyl (C=O) groups excluding carboxylic acids is 1. The van der Waals surface area contributed by atoms with Crippen LogP contribution in [0.15, 0.2) is 0 Å². The first-order chi connectivity index (χ1) is 8.26. The predicted octanol–water partition coefficient (Wildman–Crippen LogP) is 2.88. The number of rotatable bonds is 10. The van der Waals surface area contributed by atoms with E-state index in [-0.39, 0.29) is 5.97 Å². The Labute approximate surface area is 105 Å². The molecule has 0 spiro atoms. The smallest absolute Gasteiger partial charge is 0.305 e. The minimum atomic E-state index is -0.0243. The van der Waals surface area contributed by atoms with Crippen LogP contribution >= 0.6 is 0 Å². The normalized spacial score (nSPS) is 16.8. The summed E-state index contributed by atoms with van der Waals surface area (Å²) in [5, 5.41) is 0. The summed E-state index contributed by atoms with van der Waals surface area (Å²) < 4.78 is 5.23. The lowest BCUT2D eigenvalue weighted by Gasteiger charge is -2.14. The average molecular weight is 241 g/mol. The number of hydrogen-bond donors (Lipinski definition) is 1. The van der Waals surface area contributed by atoms with Crippen molar-refractivity contribution in [3.05, 3.63) is 0 Å². The molecular formula is C14H27NO2. The summed E-state index contributed by atoms with van der Waals surface area (Å²) in [6.07, 6.45) is 8.59. The van der Waals surface area contributed by atoms with Crippen LogP contribution in [-0.2, 0) is 9.53 Å². The summed E-state index contributed by atoms with van der Waals surface area (Å²) in [5.41, 5.74) is 5.57. The van der Waals surface area contributed by atoms with Gasteiger partial charge in [-0.25, -0.2) is 0 Å². The van der Waals surface area contributed by atoms with Crippen molar-refractivity contribution in [1.82, 2.24) is 0 Å². The van der Waals surface area contributed by atoms with Gasteiger partial charge in [0.1, 0.15) is 0 Å². The lowest BCUT2D eigenvalue weighted by atomic mass is 9.94. The highest BCUT2D eigenvalue weighted by Crippen LogP contribution is 2.32. The lowest BCUT2D eigenvalue weighted by Crippen LogP contribution is -2.12. The summed E-state index contributed by atoms with van der Waals surface area (Å²) in [6.45, 7) is 3.53. The highest BCUT2D eigenvalue weighted by atomic mass is 16.5. The molecule has 1 atom stereocenters. The maximum Gasteiger partial charge on any atom is 0.305 e. The van der Waals surface area contributed by atoms with Gasteiger partial charge in [0.05, 0.1) is 6.61 Å². The van der Waals surface area contributed by atoms with E-state index in [1.165, 1.54) is 25.7 Å². The van der Waals surface area contributed by atoms with Crippen LogP contribution in [0.25, 0.3) is 0 Å². The largest absolute Gasteiger partial charge is 0.466 e. The van der Waals surface area contributed by atoms with Crippen molar-refractivity contribution in [2.75, 3.05) is 13.2 Å². The molecule has 100 valence electrons. The zero-order chi connectivity index (χ0) is 12.5. The van der Waals surface area contributed by atoms with Gasteiger partial charge in [0.25, 0.3) is 0 Å². The summed E-state index contributed by atoms with van der Waals surface area (Å²) in [5.74, 6) is 1.41. The van der Waals surface area contributed by atoms with Gasteiger partial charge in [-0.2, -0.15) is 0 Å². The quantitative estimate of drug-likeness (QED) is 0.598. The highest BCUT2D eigenvalue weighted by molar-refractivity contribution is 5.69. The maximum atomic E-state index is 11.5. The van der Waals surface area contributed by atoms with Crippen molar-refractivity contribution in [3.63, 3.8) is 0 Å². The van der Waals surface area contributed by atoms with Crippen LogP contribution in [0, 0.1) is 11.8 Å². The minimum absolute atomic E-state index is 0.0243. The second-order valence-corrected chi connectivity index (χ2v) is 5.22. The molecule has 0 saturated heterocycles. The Bertz CT molecular complexity index is 208. The third kappa shape index (κ3) is 7.37. The first-order valence-corrected chi connectivity index (χ1v) is 7.12. The van der Waals surface area contributed by atoms with Crippen LogP contribution in [0.2, 0.25) is 0 Å². The number of hydrogen-bond acceptors (Lipinski definition) is 3. The third-order valence-corrected chi connectivity index (χ3v) is 3.51. The Morgan fingerprint density at radius 2 is 2.12 bits per heavy atom. The van der Waals surface area contributed by atoms with Crippen molar-refractivity contribution in [1.29, 1.82) is 0 Å². The number of ether oxygens (including phenoxy) is 1. The molecule has 2 N–H and O–H groups in total. The van der Waals surface area contributed by atoms with Gasteiger partial charge in [-0.05, 0) is 37.6 Å². The first-order valence-electron chi connectivity index (χ1n) is 7.12. The van der Waals surface area contributed by atoms with E-state index in [9.17, 15) is 4.79 Å². The molecule has 0 amide bonds. The predicted molar refractivity (Wildman–Crippen MR) is 69.6 cm³/mol. The zero-order valence-corrected chi connectivity index (χ0v) is 11.1. The average Bonchev–Trinajstić information content (AvgIpc) is 3.10. The molecule has 0 aromatic rings. The minimum Gasteiger partial charge on any atom is -0.466 e. The summed E-state index contributed by atoms with van der Waals surface area (Å²) in [6, 6.07) is 0. The third-order valence-electron chi connectivity index (χ3n) is 3.51. The van der Waals surface area contributed by atoms with E-state index < -0.39 is 0 Å². The molecule has 0 bridgehead atoms. The summed E-state index contributed by atoms with van der Waals surface area (Å²) in [7, 11) is 0. The molecule has 3 nitrogen and oxygen atoms in total. The Kier molecular flexibility index (Phi) is 7.25. The van der Waals surface area contributed by atoms with Crippen LogP contribution in [-0.4, -0.2) is 19.1 Å². The van der Waals surface area contributed by atoms with Gasteiger partial charge in [-0.3, -0.25) is 4.79 Å². The van der Waals surface area contributed by atoms with Crippen LogP contribution in [0.4, 0.5) is 0 Å². The van der Waals surface area contributed by atoms with E-state index in [1.807, 2.05) is 0 Å². The molecule has 0 heterocycles. The van der Waals surface area contributed by atoms with Crippen molar-refractivity contribution >= 4 is 5.97 Å². The Hall–Kier alpha value is -0.570. The lowest BCUT2D eigenvalue weighted by molar-refractivity contribution is -0.144. The van der Waals surface area contributed by atoms with E-state index >= 15 is 0 Å². The van der Waals surface area contributed by atoms with Gasteiger partial charge in [-0.15, -0.1) is 0 Å². The second-order valence-electron chi connectivity index (χ2n) is 5.22. The number of nitrogens with two attached hydrogens (primary N) is 1. The van der Waals surface area contributed by atoms with Crippen LogP contribution in [0.3, 0.4) is 0 Å². The van der Waals surface area contributed by atoms with Gasteiger partial charge in [0, 0.05) is 6.42 Å². The second kappa shape index (κ2) is 8.51. The van der Waals surface area contributed by atoms with Gasteiger partial charge in [0.2, 0.25) is 0 Å². The fourth-order valence-electron chi connectivity index (χ4n) is 2.22. The van der Waals surface area contributed by atoms with Crippen molar-refractivity contribution in [2.45, 2.75) is 58.3 Å². The Morgan fingerprint density at radius 1 is 1.35 bits per heavy atom. The zero-order valence-electron chi connectivity index (χ0n) is 11.1. The molecule has 1 unspecified atom stereocenters. The molecule has 0 radical (unpaired) electrons. The van der Waals surface area contributed by atoms with Crippen molar-refractivity contribution in [2.24, 2.45) is 17.6 Å².